The van der Waals surface area contributed by atoms with Gasteiger partial charge in [0.15, 0.2) is 0 Å². The van der Waals surface area contributed by atoms with Gasteiger partial charge in [-0.1, -0.05) is 0 Å². The number of nitrogens with zero attached hydrogens (tertiary/aromatic N) is 1. The van der Waals surface area contributed by atoms with E-state index in [1.165, 1.54) is 6.26 Å². The van der Waals surface area contributed by atoms with Gasteiger partial charge in [0, 0.05) is 24.0 Å². The molecule has 0 aromatic carbocycles. The average Bonchev–Trinajstić information content (AvgIpc) is 1.59. The Morgan fingerprint density at radius 2 is 2.00 bits per heavy atom. The monoisotopic (exact) mass is 219 g/mol. The van der Waals surface area contributed by atoms with E-state index in [-0.39, 0.29) is 12.4 Å². The highest BCUT2D eigenvalue weighted by atomic mass is 35.5. The quantitative estimate of drug-likeness (QED) is 0.680. The highest BCUT2D eigenvalue weighted by Gasteiger charge is 1.96. The summed E-state index contributed by atoms with van der Waals surface area (Å²) in [6.45, 7) is 1.19. The Kier molecular flexibility index (Phi) is 7.88. The van der Waals surface area contributed by atoms with Gasteiger partial charge in [-0.05, 0) is 14.1 Å². The summed E-state index contributed by atoms with van der Waals surface area (Å²) in [5, 5.41) is 0. The molecule has 0 rings (SSSR count). The molecule has 1 atom stereocenters. The lowest BCUT2D eigenvalue weighted by Crippen LogP contribution is -2.19. The molecule has 0 aliphatic rings. The molecule has 0 heterocycles. The molecule has 0 aromatic heterocycles. The van der Waals surface area contributed by atoms with E-state index in [2.05, 4.69) is 11.2 Å². The Morgan fingerprint density at radius 1 is 1.55 bits per heavy atom. The molecule has 0 saturated heterocycles. The zero-order chi connectivity index (χ0) is 8.20. The van der Waals surface area contributed by atoms with Crippen molar-refractivity contribution in [3.05, 3.63) is 0 Å². The van der Waals surface area contributed by atoms with Crippen molar-refractivity contribution in [2.75, 3.05) is 33.5 Å². The highest BCUT2D eigenvalue weighted by Crippen LogP contribution is 1.87. The molecule has 0 spiro atoms. The normalized spacial score (nSPS) is 15.6. The van der Waals surface area contributed by atoms with E-state index in [1.54, 1.807) is 0 Å². The predicted molar refractivity (Wildman–Crippen MR) is 53.2 cm³/mol. The minimum atomic E-state index is -2.41. The fourth-order valence-corrected chi connectivity index (χ4v) is 0.953. The second-order valence-corrected chi connectivity index (χ2v) is 5.79. The van der Waals surface area contributed by atoms with Crippen molar-refractivity contribution in [3.63, 3.8) is 0 Å². The van der Waals surface area contributed by atoms with Crippen LogP contribution in [0.1, 0.15) is 0 Å². The lowest BCUT2D eigenvalue weighted by atomic mass is 10.6. The van der Waals surface area contributed by atoms with Gasteiger partial charge in [-0.3, -0.25) is 4.18 Å². The Labute approximate surface area is 79.4 Å². The minimum absolute atomic E-state index is 0. The maximum Gasteiger partial charge on any atom is 0.141 e. The Hall–Kier alpha value is 0.580. The van der Waals surface area contributed by atoms with Gasteiger partial charge in [0.1, 0.15) is 8.77 Å². The summed E-state index contributed by atoms with van der Waals surface area (Å²) in [6, 6.07) is 0. The van der Waals surface area contributed by atoms with E-state index in [0.717, 1.165) is 6.54 Å². The molecule has 1 unspecified atom stereocenters. The summed E-state index contributed by atoms with van der Waals surface area (Å²) in [7, 11) is 1.43. The largest absolute Gasteiger partial charge is 0.307 e. The van der Waals surface area contributed by atoms with E-state index >= 15 is 0 Å². The first-order valence-electron chi connectivity index (χ1n) is 2.91. The van der Waals surface area contributed by atoms with Gasteiger partial charge in [0.05, 0.1) is 6.61 Å². The number of halogens is 1. The van der Waals surface area contributed by atoms with Crippen molar-refractivity contribution in [2.24, 2.45) is 0 Å². The van der Waals surface area contributed by atoms with Gasteiger partial charge in [-0.15, -0.1) is 12.4 Å². The minimum Gasteiger partial charge on any atom is -0.307 e. The molecule has 0 saturated carbocycles. The standard InChI is InChI=1S/C5H13NO2S2.ClH/c1-6(2)4-5-8-10(3,7)9;/h4-5H2,1-3H3;1H. The van der Waals surface area contributed by atoms with Crippen LogP contribution in [0.25, 0.3) is 0 Å². The van der Waals surface area contributed by atoms with Crippen molar-refractivity contribution < 1.29 is 8.39 Å². The van der Waals surface area contributed by atoms with Gasteiger partial charge in [0.25, 0.3) is 0 Å². The predicted octanol–water partition coefficient (Wildman–Crippen LogP) is 0.278. The summed E-state index contributed by atoms with van der Waals surface area (Å²) >= 11 is 4.52. The van der Waals surface area contributed by atoms with Gasteiger partial charge in [-0.2, -0.15) is 0 Å². The molecular weight excluding hydrogens is 206 g/mol. The van der Waals surface area contributed by atoms with Crippen LogP contribution in [0.2, 0.25) is 0 Å². The summed E-state index contributed by atoms with van der Waals surface area (Å²) in [5.41, 5.74) is 0. The number of likely N-dealkylation sites (N-methyl/N-ethyl adjacent to an activating group) is 1. The zero-order valence-electron chi connectivity index (χ0n) is 6.90. The third kappa shape index (κ3) is 13.6. The summed E-state index contributed by atoms with van der Waals surface area (Å²) in [4.78, 5) is 1.94. The molecule has 0 aliphatic carbocycles. The number of hydrogen-bond donors (Lipinski definition) is 0. The van der Waals surface area contributed by atoms with Crippen LogP contribution in [-0.2, 0) is 24.1 Å². The molecule has 0 radical (unpaired) electrons. The van der Waals surface area contributed by atoms with Crippen LogP contribution in [-0.4, -0.2) is 42.6 Å². The van der Waals surface area contributed by atoms with E-state index in [4.69, 9.17) is 4.18 Å². The van der Waals surface area contributed by atoms with E-state index in [9.17, 15) is 4.21 Å². The van der Waals surface area contributed by atoms with Crippen molar-refractivity contribution in [1.29, 1.82) is 0 Å². The molecule has 0 aliphatic heterocycles. The maximum absolute atomic E-state index is 10.7. The molecule has 70 valence electrons. The molecule has 0 amide bonds. The van der Waals surface area contributed by atoms with E-state index < -0.39 is 8.77 Å². The van der Waals surface area contributed by atoms with E-state index in [0.29, 0.717) is 6.61 Å². The lowest BCUT2D eigenvalue weighted by Gasteiger charge is -2.08. The van der Waals surface area contributed by atoms with Crippen molar-refractivity contribution in [1.82, 2.24) is 4.90 Å². The Balaban J connectivity index is 0. The number of rotatable bonds is 4. The van der Waals surface area contributed by atoms with Crippen molar-refractivity contribution in [2.45, 2.75) is 0 Å². The van der Waals surface area contributed by atoms with Crippen molar-refractivity contribution >= 4 is 32.4 Å². The van der Waals surface area contributed by atoms with Crippen LogP contribution >= 0.6 is 12.4 Å². The molecule has 0 N–H and O–H groups in total. The van der Waals surface area contributed by atoms with Gasteiger partial charge < -0.3 is 4.90 Å². The SMILES string of the molecule is CN(C)CCOS(C)(=O)=S.Cl. The molecule has 3 nitrogen and oxygen atoms in total. The zero-order valence-corrected chi connectivity index (χ0v) is 9.35. The second kappa shape index (κ2) is 6.14. The maximum atomic E-state index is 10.7. The number of hydrogen-bond acceptors (Lipinski definition) is 4. The Bertz CT molecular complexity index is 179. The fourth-order valence-electron chi connectivity index (χ4n) is 0.371. The van der Waals surface area contributed by atoms with E-state index in [1.807, 2.05) is 19.0 Å². The summed E-state index contributed by atoms with van der Waals surface area (Å²) in [5.74, 6) is 0. The molecule has 0 bridgehead atoms. The Morgan fingerprint density at radius 3 is 2.27 bits per heavy atom. The first-order valence-corrected chi connectivity index (χ1v) is 5.72. The van der Waals surface area contributed by atoms with Crippen LogP contribution in [0, 0.1) is 0 Å². The topological polar surface area (TPSA) is 29.5 Å². The third-order valence-electron chi connectivity index (χ3n) is 0.836. The highest BCUT2D eigenvalue weighted by molar-refractivity contribution is 8.29. The van der Waals surface area contributed by atoms with Crippen LogP contribution < -0.4 is 0 Å². The van der Waals surface area contributed by atoms with Gasteiger partial charge in [-0.25, -0.2) is 4.21 Å². The van der Waals surface area contributed by atoms with Gasteiger partial charge >= 0.3 is 0 Å². The average molecular weight is 220 g/mol. The van der Waals surface area contributed by atoms with Gasteiger partial charge in [0.2, 0.25) is 0 Å². The van der Waals surface area contributed by atoms with Crippen molar-refractivity contribution in [3.8, 4) is 0 Å². The molecule has 0 aromatic rings. The first kappa shape index (κ1) is 14.1. The lowest BCUT2D eigenvalue weighted by molar-refractivity contribution is 0.281. The summed E-state index contributed by atoms with van der Waals surface area (Å²) < 4.78 is 15.6. The molecule has 6 heteroatoms. The smallest absolute Gasteiger partial charge is 0.141 e. The molecular formula is C5H14ClNO2S2. The van der Waals surface area contributed by atoms with Crippen LogP contribution in [0.3, 0.4) is 0 Å². The summed E-state index contributed by atoms with van der Waals surface area (Å²) in [6.07, 6.45) is 1.41. The molecule has 0 fully saturated rings. The van der Waals surface area contributed by atoms with Crippen LogP contribution in [0.4, 0.5) is 0 Å². The van der Waals surface area contributed by atoms with Crippen LogP contribution in [0.5, 0.6) is 0 Å². The third-order valence-corrected chi connectivity index (χ3v) is 1.72. The first-order chi connectivity index (χ1) is 4.42. The van der Waals surface area contributed by atoms with Crippen LogP contribution in [0.15, 0.2) is 0 Å². The molecule has 11 heavy (non-hydrogen) atoms. The second-order valence-electron chi connectivity index (χ2n) is 2.33. The fraction of sp³-hybridized carbons (Fsp3) is 1.00.